The van der Waals surface area contributed by atoms with Crippen LogP contribution >= 0.6 is 0 Å². The van der Waals surface area contributed by atoms with Crippen molar-refractivity contribution in [3.8, 4) is 11.4 Å². The number of aromatic nitrogens is 2. The van der Waals surface area contributed by atoms with Crippen molar-refractivity contribution >= 4 is 0 Å². The molecule has 0 saturated carbocycles. The third kappa shape index (κ3) is 4.43. The number of imidazole rings is 1. The van der Waals surface area contributed by atoms with Crippen molar-refractivity contribution in [3.05, 3.63) is 42.2 Å². The zero-order chi connectivity index (χ0) is 15.1. The van der Waals surface area contributed by atoms with Gasteiger partial charge in [-0.15, -0.1) is 0 Å². The Kier molecular flexibility index (Phi) is 6.00. The molecule has 0 saturated heterocycles. The van der Waals surface area contributed by atoms with Gasteiger partial charge in [0, 0.05) is 30.5 Å². The van der Waals surface area contributed by atoms with E-state index >= 15 is 0 Å². The first-order chi connectivity index (χ1) is 10.2. The van der Waals surface area contributed by atoms with Gasteiger partial charge in [0.1, 0.15) is 5.82 Å². The van der Waals surface area contributed by atoms with Crippen molar-refractivity contribution in [2.24, 2.45) is 0 Å². The van der Waals surface area contributed by atoms with Gasteiger partial charge in [0.25, 0.3) is 0 Å². The van der Waals surface area contributed by atoms with Crippen molar-refractivity contribution in [2.75, 3.05) is 6.54 Å². The largest absolute Gasteiger partial charge is 0.331 e. The van der Waals surface area contributed by atoms with E-state index in [0.29, 0.717) is 6.04 Å². The van der Waals surface area contributed by atoms with E-state index in [0.717, 1.165) is 31.8 Å². The number of nitrogens with zero attached hydrogens (tertiary/aromatic N) is 2. The lowest BCUT2D eigenvalue weighted by atomic mass is 10.0. The van der Waals surface area contributed by atoms with Gasteiger partial charge in [-0.1, -0.05) is 38.1 Å². The molecular formula is C18H27N3. The van der Waals surface area contributed by atoms with Crippen LogP contribution in [0.4, 0.5) is 0 Å². The summed E-state index contributed by atoms with van der Waals surface area (Å²) in [6, 6.07) is 9.36. The van der Waals surface area contributed by atoms with E-state index < -0.39 is 0 Å². The molecule has 0 aliphatic rings. The predicted molar refractivity (Wildman–Crippen MR) is 89.4 cm³/mol. The van der Waals surface area contributed by atoms with Crippen LogP contribution in [0.15, 0.2) is 36.7 Å². The lowest BCUT2D eigenvalue weighted by Gasteiger charge is -2.13. The molecule has 1 atom stereocenters. The normalized spacial score (nSPS) is 12.5. The van der Waals surface area contributed by atoms with Crippen molar-refractivity contribution in [1.29, 1.82) is 0 Å². The second-order valence-electron chi connectivity index (χ2n) is 5.70. The molecule has 0 aliphatic carbocycles. The number of hydrogen-bond donors (Lipinski definition) is 1. The van der Waals surface area contributed by atoms with Crippen LogP contribution in [0.3, 0.4) is 0 Å². The minimum atomic E-state index is 0.526. The molecule has 0 spiro atoms. The fraction of sp³-hybridized carbons (Fsp3) is 0.500. The molecule has 114 valence electrons. The van der Waals surface area contributed by atoms with Crippen LogP contribution in [0.2, 0.25) is 0 Å². The molecule has 21 heavy (non-hydrogen) atoms. The van der Waals surface area contributed by atoms with Gasteiger partial charge in [-0.05, 0) is 38.3 Å². The quantitative estimate of drug-likeness (QED) is 0.797. The zero-order valence-electron chi connectivity index (χ0n) is 13.5. The van der Waals surface area contributed by atoms with E-state index in [-0.39, 0.29) is 0 Å². The molecule has 1 aromatic heterocycles. The Morgan fingerprint density at radius 3 is 2.57 bits per heavy atom. The Balaban J connectivity index is 2.03. The second kappa shape index (κ2) is 7.99. The van der Waals surface area contributed by atoms with E-state index in [1.54, 1.807) is 0 Å². The smallest absolute Gasteiger partial charge is 0.139 e. The molecular weight excluding hydrogens is 258 g/mol. The maximum Gasteiger partial charge on any atom is 0.139 e. The van der Waals surface area contributed by atoms with Gasteiger partial charge in [0.2, 0.25) is 0 Å². The van der Waals surface area contributed by atoms with Crippen LogP contribution in [0, 0.1) is 0 Å². The number of nitrogens with one attached hydrogen (secondary N) is 1. The monoisotopic (exact) mass is 285 g/mol. The van der Waals surface area contributed by atoms with Crippen molar-refractivity contribution in [2.45, 2.75) is 52.6 Å². The third-order valence-electron chi connectivity index (χ3n) is 3.68. The number of aryl methyl sites for hydroxylation is 1. The summed E-state index contributed by atoms with van der Waals surface area (Å²) in [5, 5.41) is 3.53. The average molecular weight is 285 g/mol. The Hall–Kier alpha value is -1.61. The molecule has 0 radical (unpaired) electrons. The Labute approximate surface area is 128 Å². The number of hydrogen-bond acceptors (Lipinski definition) is 2. The first-order valence-electron chi connectivity index (χ1n) is 8.08. The van der Waals surface area contributed by atoms with Crippen molar-refractivity contribution < 1.29 is 0 Å². The molecule has 1 N–H and O–H groups in total. The zero-order valence-corrected chi connectivity index (χ0v) is 13.5. The van der Waals surface area contributed by atoms with Gasteiger partial charge >= 0.3 is 0 Å². The minimum Gasteiger partial charge on any atom is -0.331 e. The first-order valence-corrected chi connectivity index (χ1v) is 8.08. The molecule has 3 nitrogen and oxygen atoms in total. The minimum absolute atomic E-state index is 0.526. The summed E-state index contributed by atoms with van der Waals surface area (Å²) in [6.45, 7) is 8.75. The summed E-state index contributed by atoms with van der Waals surface area (Å²) in [5.74, 6) is 1.07. The average Bonchev–Trinajstić information content (AvgIpc) is 2.95. The SMILES string of the molecule is CCCNC(C)Cc1ccc(-c2nccn2CCC)cc1. The fourth-order valence-electron chi connectivity index (χ4n) is 2.60. The third-order valence-corrected chi connectivity index (χ3v) is 3.68. The predicted octanol–water partition coefficient (Wildman–Crippen LogP) is 3.89. The maximum absolute atomic E-state index is 4.49. The molecule has 1 unspecified atom stereocenters. The molecule has 0 aliphatic heterocycles. The molecule has 1 heterocycles. The van der Waals surface area contributed by atoms with E-state index in [2.05, 4.69) is 66.1 Å². The topological polar surface area (TPSA) is 29.9 Å². The van der Waals surface area contributed by atoms with Gasteiger partial charge in [-0.2, -0.15) is 0 Å². The van der Waals surface area contributed by atoms with Crippen LogP contribution in [0.5, 0.6) is 0 Å². The van der Waals surface area contributed by atoms with Gasteiger partial charge in [0.15, 0.2) is 0 Å². The standard InChI is InChI=1S/C18H27N3/c1-4-10-19-15(3)14-16-6-8-17(9-7-16)18-20-11-13-21(18)12-5-2/h6-9,11,13,15,19H,4-5,10,12,14H2,1-3H3. The summed E-state index contributed by atoms with van der Waals surface area (Å²) in [7, 11) is 0. The molecule has 0 amide bonds. The number of benzene rings is 1. The van der Waals surface area contributed by atoms with Crippen LogP contribution in [-0.4, -0.2) is 22.1 Å². The molecule has 0 bridgehead atoms. The van der Waals surface area contributed by atoms with Gasteiger partial charge in [0.05, 0.1) is 0 Å². The summed E-state index contributed by atoms with van der Waals surface area (Å²) in [6.07, 6.45) is 7.33. The van der Waals surface area contributed by atoms with Crippen molar-refractivity contribution in [3.63, 3.8) is 0 Å². The Morgan fingerprint density at radius 2 is 1.90 bits per heavy atom. The van der Waals surface area contributed by atoms with Gasteiger partial charge in [-0.3, -0.25) is 0 Å². The molecule has 2 aromatic rings. The lowest BCUT2D eigenvalue weighted by molar-refractivity contribution is 0.543. The highest BCUT2D eigenvalue weighted by Gasteiger charge is 2.06. The van der Waals surface area contributed by atoms with Crippen molar-refractivity contribution in [1.82, 2.24) is 14.9 Å². The maximum atomic E-state index is 4.49. The van der Waals surface area contributed by atoms with Gasteiger partial charge < -0.3 is 9.88 Å². The van der Waals surface area contributed by atoms with E-state index in [9.17, 15) is 0 Å². The summed E-state index contributed by atoms with van der Waals surface area (Å²) in [5.41, 5.74) is 2.58. The van der Waals surface area contributed by atoms with Crippen LogP contribution in [0.25, 0.3) is 11.4 Å². The summed E-state index contributed by atoms with van der Waals surface area (Å²) < 4.78 is 2.22. The first kappa shape index (κ1) is 15.8. The Bertz CT molecular complexity index is 528. The van der Waals surface area contributed by atoms with Crippen LogP contribution in [-0.2, 0) is 13.0 Å². The fourth-order valence-corrected chi connectivity index (χ4v) is 2.60. The highest BCUT2D eigenvalue weighted by molar-refractivity contribution is 5.56. The molecule has 2 rings (SSSR count). The Morgan fingerprint density at radius 1 is 1.14 bits per heavy atom. The summed E-state index contributed by atoms with van der Waals surface area (Å²) in [4.78, 5) is 4.49. The highest BCUT2D eigenvalue weighted by atomic mass is 15.1. The van der Waals surface area contributed by atoms with Crippen LogP contribution in [0.1, 0.15) is 39.2 Å². The lowest BCUT2D eigenvalue weighted by Crippen LogP contribution is -2.28. The number of rotatable bonds is 8. The van der Waals surface area contributed by atoms with E-state index in [4.69, 9.17) is 0 Å². The van der Waals surface area contributed by atoms with Gasteiger partial charge in [-0.25, -0.2) is 4.98 Å². The van der Waals surface area contributed by atoms with E-state index in [1.807, 2.05) is 6.20 Å². The highest BCUT2D eigenvalue weighted by Crippen LogP contribution is 2.19. The summed E-state index contributed by atoms with van der Waals surface area (Å²) >= 11 is 0. The van der Waals surface area contributed by atoms with E-state index in [1.165, 1.54) is 17.5 Å². The molecule has 3 heteroatoms. The molecule has 0 fully saturated rings. The molecule has 1 aromatic carbocycles. The van der Waals surface area contributed by atoms with Crippen LogP contribution < -0.4 is 5.32 Å². The second-order valence-corrected chi connectivity index (χ2v) is 5.70.